The van der Waals surface area contributed by atoms with Crippen molar-refractivity contribution in [1.82, 2.24) is 9.42 Å². The van der Waals surface area contributed by atoms with E-state index in [0.717, 1.165) is 23.4 Å². The average molecular weight is 498 g/mol. The van der Waals surface area contributed by atoms with Gasteiger partial charge in [0.05, 0.1) is 41.0 Å². The number of hydrogen-bond donors (Lipinski definition) is 1. The largest absolute Gasteiger partial charge is 0.416 e. The highest BCUT2D eigenvalue weighted by molar-refractivity contribution is 7.96. The number of carbonyl (C=O) groups is 1. The zero-order valence-electron chi connectivity index (χ0n) is 18.0. The first-order chi connectivity index (χ1) is 15.6. The topological polar surface area (TPSA) is 44.8 Å². The third-order valence-electron chi connectivity index (χ3n) is 5.69. The highest BCUT2D eigenvalue weighted by atomic mass is 35.5. The Morgan fingerprint density at radius 1 is 1.18 bits per heavy atom. The molecule has 1 atom stereocenters. The monoisotopic (exact) mass is 497 g/mol. The minimum absolute atomic E-state index is 0.152. The Morgan fingerprint density at radius 2 is 1.85 bits per heavy atom. The van der Waals surface area contributed by atoms with Gasteiger partial charge in [-0.3, -0.25) is 0 Å². The molecule has 1 fully saturated rings. The molecule has 0 radical (unpaired) electrons. The van der Waals surface area contributed by atoms with Gasteiger partial charge in [-0.2, -0.15) is 13.2 Å². The fourth-order valence-electron chi connectivity index (χ4n) is 3.81. The summed E-state index contributed by atoms with van der Waals surface area (Å²) in [5.74, 6) is 0.451. The van der Waals surface area contributed by atoms with Gasteiger partial charge < -0.3 is 10.1 Å². The molecule has 0 saturated carbocycles. The maximum absolute atomic E-state index is 13.2. The number of carbonyl (C=O) groups excluding carboxylic acids is 1. The molecule has 1 unspecified atom stereocenters. The van der Waals surface area contributed by atoms with Gasteiger partial charge in [-0.15, -0.1) is 0 Å². The molecule has 0 bridgehead atoms. The normalized spacial score (nSPS) is 20.1. The van der Waals surface area contributed by atoms with E-state index in [9.17, 15) is 18.0 Å². The molecule has 2 aromatic carbocycles. The van der Waals surface area contributed by atoms with Crippen LogP contribution in [0.2, 0.25) is 0 Å². The highest BCUT2D eigenvalue weighted by Crippen LogP contribution is 2.47. The van der Waals surface area contributed by atoms with Crippen LogP contribution in [0.15, 0.2) is 65.3 Å². The summed E-state index contributed by atoms with van der Waals surface area (Å²) in [5.41, 5.74) is 0.853. The van der Waals surface area contributed by atoms with Crippen molar-refractivity contribution in [2.24, 2.45) is 5.92 Å². The molecule has 2 amide bonds. The third-order valence-corrected chi connectivity index (χ3v) is 7.10. The van der Waals surface area contributed by atoms with Gasteiger partial charge in [0.25, 0.3) is 0 Å². The maximum Gasteiger partial charge on any atom is 0.416 e. The number of rotatable bonds is 4. The number of hydrazine groups is 1. The van der Waals surface area contributed by atoms with Crippen LogP contribution >= 0.6 is 23.5 Å². The predicted molar refractivity (Wildman–Crippen MR) is 123 cm³/mol. The minimum Gasteiger partial charge on any atom is -0.369 e. The van der Waals surface area contributed by atoms with Crippen molar-refractivity contribution in [1.29, 1.82) is 0 Å². The maximum atomic E-state index is 13.2. The molecule has 5 nitrogen and oxygen atoms in total. The second-order valence-electron chi connectivity index (χ2n) is 8.35. The van der Waals surface area contributed by atoms with Gasteiger partial charge in [-0.25, -0.2) is 14.2 Å². The SMILES string of the molecule is CC1(C)OCC(Cl)=C2C1CN(C(=O)Nc1ccc(C(F)(F)F)cc1)N2SCc1ccccc1. The molecular weight excluding hydrogens is 475 g/mol. The molecule has 1 saturated heterocycles. The summed E-state index contributed by atoms with van der Waals surface area (Å²) in [6.07, 6.45) is -4.44. The third kappa shape index (κ3) is 5.10. The second-order valence-corrected chi connectivity index (χ2v) is 9.70. The first-order valence-electron chi connectivity index (χ1n) is 10.3. The summed E-state index contributed by atoms with van der Waals surface area (Å²) < 4.78 is 46.2. The van der Waals surface area contributed by atoms with Crippen LogP contribution in [0.25, 0.3) is 0 Å². The lowest BCUT2D eigenvalue weighted by Gasteiger charge is -2.37. The van der Waals surface area contributed by atoms with Crippen LogP contribution in [-0.2, 0) is 16.7 Å². The number of urea groups is 1. The second kappa shape index (κ2) is 9.12. The summed E-state index contributed by atoms with van der Waals surface area (Å²) in [5, 5.41) is 4.76. The number of hydrogen-bond acceptors (Lipinski definition) is 4. The van der Waals surface area contributed by atoms with Gasteiger partial charge in [0.1, 0.15) is 0 Å². The molecule has 2 aliphatic heterocycles. The molecule has 1 N–H and O–H groups in total. The van der Waals surface area contributed by atoms with Crippen LogP contribution in [0.1, 0.15) is 25.0 Å². The predicted octanol–water partition coefficient (Wildman–Crippen LogP) is 6.49. The zero-order valence-corrected chi connectivity index (χ0v) is 19.6. The Morgan fingerprint density at radius 3 is 2.48 bits per heavy atom. The van der Waals surface area contributed by atoms with Crippen LogP contribution < -0.4 is 5.32 Å². The van der Waals surface area contributed by atoms with Crippen molar-refractivity contribution in [3.05, 3.63) is 76.5 Å². The number of alkyl halides is 3. The van der Waals surface area contributed by atoms with Crippen molar-refractivity contribution in [2.45, 2.75) is 31.4 Å². The molecule has 0 aromatic heterocycles. The van der Waals surface area contributed by atoms with Crippen molar-refractivity contribution < 1.29 is 22.7 Å². The van der Waals surface area contributed by atoms with Crippen LogP contribution in [0.5, 0.6) is 0 Å². The van der Waals surface area contributed by atoms with Crippen molar-refractivity contribution in [2.75, 3.05) is 18.5 Å². The fourth-order valence-corrected chi connectivity index (χ4v) is 5.24. The van der Waals surface area contributed by atoms with Crippen molar-refractivity contribution in [3.8, 4) is 0 Å². The van der Waals surface area contributed by atoms with E-state index in [1.807, 2.05) is 44.2 Å². The number of amides is 2. The molecule has 2 heterocycles. The van der Waals surface area contributed by atoms with Gasteiger partial charge >= 0.3 is 12.2 Å². The molecule has 0 aliphatic carbocycles. The summed E-state index contributed by atoms with van der Waals surface area (Å²) in [6.45, 7) is 4.49. The van der Waals surface area contributed by atoms with Crippen LogP contribution in [0.3, 0.4) is 0 Å². The van der Waals surface area contributed by atoms with E-state index in [2.05, 4.69) is 5.32 Å². The molecule has 176 valence electrons. The Kier molecular flexibility index (Phi) is 6.57. The smallest absolute Gasteiger partial charge is 0.369 e. The standard InChI is InChI=1S/C23H23ClF3N3O2S/c1-22(2)18-12-29(21(31)28-17-10-8-16(9-11-17)23(25,26)27)30(20(18)19(24)13-32-22)33-14-15-6-4-3-5-7-15/h3-11,18H,12-14H2,1-2H3,(H,28,31). The first kappa shape index (κ1) is 23.8. The molecule has 4 rings (SSSR count). The van der Waals surface area contributed by atoms with E-state index in [1.54, 1.807) is 4.41 Å². The summed E-state index contributed by atoms with van der Waals surface area (Å²) in [7, 11) is 0. The minimum atomic E-state index is -4.44. The van der Waals surface area contributed by atoms with Crippen molar-refractivity contribution >= 4 is 35.3 Å². The van der Waals surface area contributed by atoms with E-state index < -0.39 is 23.4 Å². The number of nitrogens with one attached hydrogen (secondary N) is 1. The zero-order chi connectivity index (χ0) is 23.8. The number of anilines is 1. The molecule has 0 spiro atoms. The van der Waals surface area contributed by atoms with Crippen LogP contribution in [0.4, 0.5) is 23.7 Å². The highest BCUT2D eigenvalue weighted by Gasteiger charge is 2.50. The van der Waals surface area contributed by atoms with Gasteiger partial charge in [-0.1, -0.05) is 41.9 Å². The molecule has 2 aliphatic rings. The number of halogens is 4. The number of benzene rings is 2. The van der Waals surface area contributed by atoms with Gasteiger partial charge in [-0.05, 0) is 55.6 Å². The Balaban J connectivity index is 1.57. The lowest BCUT2D eigenvalue weighted by Crippen LogP contribution is -2.41. The lowest BCUT2D eigenvalue weighted by atomic mass is 9.87. The van der Waals surface area contributed by atoms with Crippen molar-refractivity contribution in [3.63, 3.8) is 0 Å². The molecule has 10 heteroatoms. The summed E-state index contributed by atoms with van der Waals surface area (Å²) >= 11 is 7.98. The van der Waals surface area contributed by atoms with Gasteiger partial charge in [0.2, 0.25) is 0 Å². The number of nitrogens with zero attached hydrogens (tertiary/aromatic N) is 2. The Bertz CT molecular complexity index is 1050. The average Bonchev–Trinajstić information content (AvgIpc) is 3.17. The Hall–Kier alpha value is -2.36. The van der Waals surface area contributed by atoms with Gasteiger partial charge in [0.15, 0.2) is 0 Å². The van der Waals surface area contributed by atoms with E-state index >= 15 is 0 Å². The summed E-state index contributed by atoms with van der Waals surface area (Å²) in [4.78, 5) is 13.2. The number of fused-ring (bicyclic) bond motifs is 1. The van der Waals surface area contributed by atoms with Gasteiger partial charge in [0, 0.05) is 11.4 Å². The van der Waals surface area contributed by atoms with E-state index in [-0.39, 0.29) is 18.2 Å². The number of ether oxygens (including phenoxy) is 1. The molecule has 2 aromatic rings. The van der Waals surface area contributed by atoms with Crippen LogP contribution in [-0.4, -0.2) is 34.2 Å². The van der Waals surface area contributed by atoms with E-state index in [4.69, 9.17) is 16.3 Å². The molecule has 33 heavy (non-hydrogen) atoms. The quantitative estimate of drug-likeness (QED) is 0.490. The first-order valence-corrected chi connectivity index (χ1v) is 11.6. The van der Waals surface area contributed by atoms with E-state index in [0.29, 0.717) is 17.3 Å². The van der Waals surface area contributed by atoms with Crippen LogP contribution in [0, 0.1) is 5.92 Å². The lowest BCUT2D eigenvalue weighted by molar-refractivity contribution is -0.137. The fraction of sp³-hybridized carbons (Fsp3) is 0.348. The summed E-state index contributed by atoms with van der Waals surface area (Å²) in [6, 6.07) is 13.7. The molecular formula is C23H23ClF3N3O2S. The van der Waals surface area contributed by atoms with E-state index in [1.165, 1.54) is 29.1 Å². The Labute approximate surface area is 199 Å².